The molecule has 2 aromatic carbocycles. The fourth-order valence-corrected chi connectivity index (χ4v) is 3.58. The Kier molecular flexibility index (Phi) is 5.35. The number of pyridine rings is 1. The molecule has 0 amide bonds. The van der Waals surface area contributed by atoms with Crippen LogP contribution in [-0.4, -0.2) is 40.0 Å². The molecule has 4 aromatic rings. The molecule has 1 aliphatic heterocycles. The van der Waals surface area contributed by atoms with Gasteiger partial charge in [0.25, 0.3) is 5.89 Å². The maximum absolute atomic E-state index is 14.3. The Bertz CT molecular complexity index is 1350. The van der Waals surface area contributed by atoms with Gasteiger partial charge >= 0.3 is 6.01 Å². The summed E-state index contributed by atoms with van der Waals surface area (Å²) in [4.78, 5) is 21.7. The predicted molar refractivity (Wildman–Crippen MR) is 119 cm³/mol. The standard InChI is InChI=1S/C24H18FN5O3/c1-32-16-12-18(25)21(26-13-16)23-29-30-24(33-23)28-22-19(31)11-15-9-5-6-10-17(15)20(27-22)14-7-3-2-4-8-14/h2-10,12-13,22H,11H2,1H3,(H,28,30)/t22-/m1/s1. The number of nitrogens with zero attached hydrogens (tertiary/aromatic N) is 4. The highest BCUT2D eigenvalue weighted by Crippen LogP contribution is 2.26. The number of ketones is 1. The highest BCUT2D eigenvalue weighted by molar-refractivity contribution is 6.16. The lowest BCUT2D eigenvalue weighted by Gasteiger charge is -2.11. The monoisotopic (exact) mass is 443 g/mol. The Morgan fingerprint density at radius 1 is 1.09 bits per heavy atom. The molecule has 33 heavy (non-hydrogen) atoms. The number of halogens is 1. The van der Waals surface area contributed by atoms with E-state index in [9.17, 15) is 9.18 Å². The largest absolute Gasteiger partial charge is 0.495 e. The van der Waals surface area contributed by atoms with Gasteiger partial charge in [-0.25, -0.2) is 9.37 Å². The van der Waals surface area contributed by atoms with Crippen molar-refractivity contribution in [2.75, 3.05) is 12.4 Å². The van der Waals surface area contributed by atoms with Gasteiger partial charge in [0.15, 0.2) is 23.5 Å². The summed E-state index contributed by atoms with van der Waals surface area (Å²) in [6, 6.07) is 18.4. The second kappa shape index (κ2) is 8.62. The van der Waals surface area contributed by atoms with Gasteiger partial charge in [-0.15, -0.1) is 5.10 Å². The number of carbonyl (C=O) groups is 1. The number of fused-ring (bicyclic) bond motifs is 1. The van der Waals surface area contributed by atoms with Gasteiger partial charge in [0.1, 0.15) is 5.75 Å². The van der Waals surface area contributed by atoms with Gasteiger partial charge in [0, 0.05) is 23.6 Å². The molecule has 5 rings (SSSR count). The summed E-state index contributed by atoms with van der Waals surface area (Å²) in [6.45, 7) is 0. The van der Waals surface area contributed by atoms with E-state index in [2.05, 4.69) is 20.5 Å². The van der Waals surface area contributed by atoms with Crippen LogP contribution in [0, 0.1) is 5.82 Å². The van der Waals surface area contributed by atoms with Crippen molar-refractivity contribution in [3.05, 3.63) is 89.4 Å². The average Bonchev–Trinajstić information content (AvgIpc) is 3.25. The molecule has 1 aliphatic rings. The van der Waals surface area contributed by atoms with E-state index in [0.29, 0.717) is 5.71 Å². The maximum Gasteiger partial charge on any atom is 0.317 e. The van der Waals surface area contributed by atoms with E-state index < -0.39 is 12.0 Å². The lowest BCUT2D eigenvalue weighted by molar-refractivity contribution is -0.119. The Labute approximate surface area is 188 Å². The van der Waals surface area contributed by atoms with E-state index >= 15 is 0 Å². The second-order valence-corrected chi connectivity index (χ2v) is 7.31. The fourth-order valence-electron chi connectivity index (χ4n) is 3.58. The summed E-state index contributed by atoms with van der Waals surface area (Å²) in [7, 11) is 1.41. The molecule has 0 unspecified atom stereocenters. The molecule has 0 radical (unpaired) electrons. The van der Waals surface area contributed by atoms with Crippen LogP contribution in [-0.2, 0) is 11.2 Å². The third kappa shape index (κ3) is 4.08. The van der Waals surface area contributed by atoms with Crippen molar-refractivity contribution in [3.8, 4) is 17.3 Å². The molecule has 164 valence electrons. The van der Waals surface area contributed by atoms with E-state index in [4.69, 9.17) is 14.1 Å². The first-order valence-electron chi connectivity index (χ1n) is 10.2. The number of methoxy groups -OCH3 is 1. The molecule has 8 nitrogen and oxygen atoms in total. The average molecular weight is 443 g/mol. The van der Waals surface area contributed by atoms with Crippen LogP contribution >= 0.6 is 0 Å². The summed E-state index contributed by atoms with van der Waals surface area (Å²) in [6.07, 6.45) is 0.566. The third-order valence-electron chi connectivity index (χ3n) is 5.19. The Hall–Kier alpha value is -4.40. The summed E-state index contributed by atoms with van der Waals surface area (Å²) >= 11 is 0. The number of anilines is 1. The number of hydrogen-bond acceptors (Lipinski definition) is 8. The van der Waals surface area contributed by atoms with Crippen LogP contribution in [0.15, 0.2) is 76.3 Å². The molecule has 9 heteroatoms. The molecule has 0 spiro atoms. The van der Waals surface area contributed by atoms with Crippen molar-refractivity contribution >= 4 is 17.5 Å². The third-order valence-corrected chi connectivity index (χ3v) is 5.19. The van der Waals surface area contributed by atoms with Crippen LogP contribution in [0.2, 0.25) is 0 Å². The SMILES string of the molecule is COc1cnc(-c2nnc(N[C@H]3N=C(c4ccccc4)c4ccccc4CC3=O)o2)c(F)c1. The summed E-state index contributed by atoms with van der Waals surface area (Å²) in [5, 5.41) is 10.6. The zero-order valence-corrected chi connectivity index (χ0v) is 17.5. The molecule has 2 aromatic heterocycles. The van der Waals surface area contributed by atoms with Crippen molar-refractivity contribution in [2.24, 2.45) is 4.99 Å². The Balaban J connectivity index is 1.48. The molecule has 0 saturated heterocycles. The zero-order chi connectivity index (χ0) is 22.8. The summed E-state index contributed by atoms with van der Waals surface area (Å²) < 4.78 is 24.8. The number of hydrogen-bond donors (Lipinski definition) is 1. The number of aliphatic imine (C=N–C) groups is 1. The summed E-state index contributed by atoms with van der Waals surface area (Å²) in [5.74, 6) is -0.702. The number of ether oxygens (including phenoxy) is 1. The molecule has 0 aliphatic carbocycles. The predicted octanol–water partition coefficient (Wildman–Crippen LogP) is 3.68. The fraction of sp³-hybridized carbons (Fsp3) is 0.125. The number of rotatable bonds is 5. The van der Waals surface area contributed by atoms with Crippen LogP contribution in [0.1, 0.15) is 16.7 Å². The first-order chi connectivity index (χ1) is 16.1. The van der Waals surface area contributed by atoms with Crippen LogP contribution < -0.4 is 10.1 Å². The quantitative estimate of drug-likeness (QED) is 0.502. The van der Waals surface area contributed by atoms with Gasteiger partial charge in [-0.1, -0.05) is 59.7 Å². The summed E-state index contributed by atoms with van der Waals surface area (Å²) in [5.41, 5.74) is 3.20. The maximum atomic E-state index is 14.3. The van der Waals surface area contributed by atoms with Crippen molar-refractivity contribution < 1.29 is 18.3 Å². The highest BCUT2D eigenvalue weighted by atomic mass is 19.1. The smallest absolute Gasteiger partial charge is 0.317 e. The van der Waals surface area contributed by atoms with E-state index in [0.717, 1.165) is 16.7 Å². The van der Waals surface area contributed by atoms with E-state index in [-0.39, 0.29) is 35.6 Å². The molecule has 1 N–H and O–H groups in total. The van der Waals surface area contributed by atoms with Crippen LogP contribution in [0.5, 0.6) is 5.75 Å². The number of aromatic nitrogens is 3. The number of benzene rings is 2. The van der Waals surface area contributed by atoms with Crippen LogP contribution in [0.25, 0.3) is 11.6 Å². The Morgan fingerprint density at radius 3 is 2.67 bits per heavy atom. The van der Waals surface area contributed by atoms with Crippen molar-refractivity contribution in [1.82, 2.24) is 15.2 Å². The zero-order valence-electron chi connectivity index (χ0n) is 17.5. The topological polar surface area (TPSA) is 103 Å². The van der Waals surface area contributed by atoms with Gasteiger partial charge in [0.2, 0.25) is 0 Å². The molecule has 3 heterocycles. The van der Waals surface area contributed by atoms with Gasteiger partial charge in [0.05, 0.1) is 19.0 Å². The lowest BCUT2D eigenvalue weighted by atomic mass is 9.96. The van der Waals surface area contributed by atoms with Gasteiger partial charge in [-0.3, -0.25) is 9.79 Å². The minimum Gasteiger partial charge on any atom is -0.495 e. The number of nitrogens with one attached hydrogen (secondary N) is 1. The van der Waals surface area contributed by atoms with Crippen LogP contribution in [0.3, 0.4) is 0 Å². The molecule has 0 saturated carbocycles. The van der Waals surface area contributed by atoms with Crippen molar-refractivity contribution in [3.63, 3.8) is 0 Å². The molecule has 0 fully saturated rings. The van der Waals surface area contributed by atoms with E-state index in [1.165, 1.54) is 19.4 Å². The first kappa shape index (κ1) is 20.5. The highest BCUT2D eigenvalue weighted by Gasteiger charge is 2.27. The molecule has 0 bridgehead atoms. The van der Waals surface area contributed by atoms with E-state index in [1.807, 2.05) is 54.6 Å². The lowest BCUT2D eigenvalue weighted by Crippen LogP contribution is -2.29. The minimum absolute atomic E-state index is 0.0671. The van der Waals surface area contributed by atoms with Gasteiger partial charge in [-0.05, 0) is 5.56 Å². The van der Waals surface area contributed by atoms with Crippen molar-refractivity contribution in [1.29, 1.82) is 0 Å². The van der Waals surface area contributed by atoms with Gasteiger partial charge in [-0.2, -0.15) is 0 Å². The molecular weight excluding hydrogens is 425 g/mol. The number of Topliss-reactive ketones (excluding diaryl/α,β-unsaturated/α-hetero) is 1. The Morgan fingerprint density at radius 2 is 1.88 bits per heavy atom. The second-order valence-electron chi connectivity index (χ2n) is 7.31. The van der Waals surface area contributed by atoms with Gasteiger partial charge < -0.3 is 14.5 Å². The number of carbonyl (C=O) groups excluding carboxylic acids is 1. The molecule has 1 atom stereocenters. The van der Waals surface area contributed by atoms with Crippen molar-refractivity contribution in [2.45, 2.75) is 12.6 Å². The van der Waals surface area contributed by atoms with Crippen LogP contribution in [0.4, 0.5) is 10.4 Å². The van der Waals surface area contributed by atoms with E-state index in [1.54, 1.807) is 0 Å². The first-order valence-corrected chi connectivity index (χ1v) is 10.2. The molecular formula is C24H18FN5O3. The minimum atomic E-state index is -0.963. The normalized spacial score (nSPS) is 15.4.